The van der Waals surface area contributed by atoms with Crippen LogP contribution in [0.5, 0.6) is 0 Å². The zero-order valence-electron chi connectivity index (χ0n) is 13.2. The van der Waals surface area contributed by atoms with Gasteiger partial charge in [-0.05, 0) is 32.3 Å². The molecule has 0 atom stereocenters. The molecule has 1 saturated carbocycles. The van der Waals surface area contributed by atoms with Crippen LogP contribution in [0.3, 0.4) is 0 Å². The minimum atomic E-state index is 0. The molecule has 0 aliphatic heterocycles. The van der Waals surface area contributed by atoms with E-state index in [1.165, 1.54) is 5.56 Å². The first-order valence-electron chi connectivity index (χ1n) is 7.54. The van der Waals surface area contributed by atoms with Crippen LogP contribution in [-0.2, 0) is 11.3 Å². The Morgan fingerprint density at radius 1 is 1.23 bits per heavy atom. The number of hydrogen-bond donors (Lipinski definition) is 3. The quantitative estimate of drug-likeness (QED) is 0.377. The number of halogens is 1. The summed E-state index contributed by atoms with van der Waals surface area (Å²) >= 11 is 0. The van der Waals surface area contributed by atoms with Crippen molar-refractivity contribution in [2.75, 3.05) is 13.1 Å². The van der Waals surface area contributed by atoms with Crippen molar-refractivity contribution in [2.24, 2.45) is 4.99 Å². The summed E-state index contributed by atoms with van der Waals surface area (Å²) in [6, 6.07) is 8.69. The Balaban J connectivity index is 0.00000242. The number of guanidine groups is 1. The molecule has 1 aromatic carbocycles. The molecule has 0 heterocycles. The molecule has 0 aromatic heterocycles. The third-order valence-electron chi connectivity index (χ3n) is 3.24. The standard InChI is InChI=1S/C16H24N4O.HI/c1-3-17-16(19-11-15(21)20-14-8-9-14)18-10-13-6-4-12(2)5-7-13;/h4-7,14H,3,8-11H2,1-2H3,(H,20,21)(H2,17,18,19);1H. The number of nitrogens with one attached hydrogen (secondary N) is 3. The van der Waals surface area contributed by atoms with E-state index in [-0.39, 0.29) is 36.4 Å². The molecule has 122 valence electrons. The van der Waals surface area contributed by atoms with Crippen LogP contribution in [0.1, 0.15) is 30.9 Å². The van der Waals surface area contributed by atoms with Gasteiger partial charge in [-0.2, -0.15) is 0 Å². The van der Waals surface area contributed by atoms with E-state index in [4.69, 9.17) is 0 Å². The molecule has 0 bridgehead atoms. The second-order valence-electron chi connectivity index (χ2n) is 5.38. The van der Waals surface area contributed by atoms with Crippen LogP contribution >= 0.6 is 24.0 Å². The topological polar surface area (TPSA) is 65.5 Å². The zero-order chi connectivity index (χ0) is 15.1. The molecule has 1 aliphatic carbocycles. The fourth-order valence-electron chi connectivity index (χ4n) is 1.88. The van der Waals surface area contributed by atoms with E-state index in [1.54, 1.807) is 0 Å². The van der Waals surface area contributed by atoms with Crippen LogP contribution in [0.4, 0.5) is 0 Å². The summed E-state index contributed by atoms with van der Waals surface area (Å²) in [5, 5.41) is 9.16. The number of amides is 1. The van der Waals surface area contributed by atoms with Crippen molar-refractivity contribution in [1.82, 2.24) is 16.0 Å². The number of rotatable bonds is 6. The Morgan fingerprint density at radius 2 is 1.91 bits per heavy atom. The first kappa shape index (κ1) is 18.7. The van der Waals surface area contributed by atoms with Crippen LogP contribution in [0.2, 0.25) is 0 Å². The summed E-state index contributed by atoms with van der Waals surface area (Å²) in [7, 11) is 0. The molecule has 2 rings (SSSR count). The molecule has 22 heavy (non-hydrogen) atoms. The number of benzene rings is 1. The van der Waals surface area contributed by atoms with E-state index in [1.807, 2.05) is 6.92 Å². The van der Waals surface area contributed by atoms with Gasteiger partial charge in [-0.3, -0.25) is 4.79 Å². The Labute approximate surface area is 149 Å². The lowest BCUT2D eigenvalue weighted by atomic mass is 10.1. The van der Waals surface area contributed by atoms with E-state index in [0.29, 0.717) is 18.5 Å². The van der Waals surface area contributed by atoms with Crippen molar-refractivity contribution in [3.8, 4) is 0 Å². The third-order valence-corrected chi connectivity index (χ3v) is 3.24. The average Bonchev–Trinajstić information content (AvgIpc) is 3.27. The van der Waals surface area contributed by atoms with E-state index in [0.717, 1.165) is 24.9 Å². The van der Waals surface area contributed by atoms with Crippen LogP contribution in [0.15, 0.2) is 29.3 Å². The number of aliphatic imine (C=N–C) groups is 1. The van der Waals surface area contributed by atoms with Gasteiger partial charge in [0, 0.05) is 12.6 Å². The molecular weight excluding hydrogens is 391 g/mol. The zero-order valence-corrected chi connectivity index (χ0v) is 15.5. The van der Waals surface area contributed by atoms with Crippen LogP contribution < -0.4 is 16.0 Å². The summed E-state index contributed by atoms with van der Waals surface area (Å²) < 4.78 is 0. The maximum absolute atomic E-state index is 11.7. The normalized spacial score (nSPS) is 14.0. The van der Waals surface area contributed by atoms with Gasteiger partial charge in [0.2, 0.25) is 5.91 Å². The van der Waals surface area contributed by atoms with Crippen molar-refractivity contribution in [3.63, 3.8) is 0 Å². The van der Waals surface area contributed by atoms with Crippen molar-refractivity contribution in [1.29, 1.82) is 0 Å². The second-order valence-corrected chi connectivity index (χ2v) is 5.38. The highest BCUT2D eigenvalue weighted by Gasteiger charge is 2.22. The molecule has 1 aromatic rings. The first-order chi connectivity index (χ1) is 10.2. The van der Waals surface area contributed by atoms with Gasteiger partial charge in [0.05, 0.1) is 13.1 Å². The van der Waals surface area contributed by atoms with Gasteiger partial charge in [0.1, 0.15) is 0 Å². The molecule has 6 heteroatoms. The molecule has 5 nitrogen and oxygen atoms in total. The molecular formula is C16H25IN4O. The SMILES string of the molecule is CCNC(=NCc1ccc(C)cc1)NCC(=O)NC1CC1.I. The molecule has 0 saturated heterocycles. The van der Waals surface area contributed by atoms with Crippen molar-refractivity contribution < 1.29 is 4.79 Å². The van der Waals surface area contributed by atoms with E-state index in [9.17, 15) is 4.79 Å². The van der Waals surface area contributed by atoms with Gasteiger partial charge in [0.25, 0.3) is 0 Å². The van der Waals surface area contributed by atoms with Crippen molar-refractivity contribution in [3.05, 3.63) is 35.4 Å². The first-order valence-corrected chi connectivity index (χ1v) is 7.54. The lowest BCUT2D eigenvalue weighted by Crippen LogP contribution is -2.43. The van der Waals surface area contributed by atoms with Crippen LogP contribution in [0, 0.1) is 6.92 Å². The monoisotopic (exact) mass is 416 g/mol. The highest BCUT2D eigenvalue weighted by molar-refractivity contribution is 14.0. The average molecular weight is 416 g/mol. The lowest BCUT2D eigenvalue weighted by Gasteiger charge is -2.11. The highest BCUT2D eigenvalue weighted by Crippen LogP contribution is 2.18. The van der Waals surface area contributed by atoms with Crippen molar-refractivity contribution >= 4 is 35.8 Å². The smallest absolute Gasteiger partial charge is 0.239 e. The third kappa shape index (κ3) is 7.11. The van der Waals surface area contributed by atoms with Crippen LogP contribution in [0.25, 0.3) is 0 Å². The Kier molecular flexibility index (Phi) is 8.22. The van der Waals surface area contributed by atoms with Gasteiger partial charge < -0.3 is 16.0 Å². The maximum Gasteiger partial charge on any atom is 0.239 e. The fourth-order valence-corrected chi connectivity index (χ4v) is 1.88. The Hall–Kier alpha value is -1.31. The number of aryl methyl sites for hydroxylation is 1. The fraction of sp³-hybridized carbons (Fsp3) is 0.500. The summed E-state index contributed by atoms with van der Waals surface area (Å²) in [6.07, 6.45) is 2.21. The Bertz CT molecular complexity index is 497. The summed E-state index contributed by atoms with van der Waals surface area (Å²) in [5.74, 6) is 0.697. The second kappa shape index (κ2) is 9.66. The van der Waals surface area contributed by atoms with Gasteiger partial charge in [-0.1, -0.05) is 29.8 Å². The summed E-state index contributed by atoms with van der Waals surface area (Å²) in [6.45, 7) is 5.70. The minimum Gasteiger partial charge on any atom is -0.357 e. The number of hydrogen-bond acceptors (Lipinski definition) is 2. The minimum absolute atomic E-state index is 0. The number of nitrogens with zero attached hydrogens (tertiary/aromatic N) is 1. The molecule has 1 fully saturated rings. The van der Waals surface area contributed by atoms with Crippen LogP contribution in [-0.4, -0.2) is 31.0 Å². The lowest BCUT2D eigenvalue weighted by molar-refractivity contribution is -0.120. The number of carbonyl (C=O) groups is 1. The molecule has 1 aliphatic rings. The van der Waals surface area contributed by atoms with E-state index < -0.39 is 0 Å². The summed E-state index contributed by atoms with van der Waals surface area (Å²) in [4.78, 5) is 16.2. The molecule has 0 unspecified atom stereocenters. The van der Waals surface area contributed by atoms with Gasteiger partial charge in [0.15, 0.2) is 5.96 Å². The van der Waals surface area contributed by atoms with Gasteiger partial charge >= 0.3 is 0 Å². The molecule has 3 N–H and O–H groups in total. The summed E-state index contributed by atoms with van der Waals surface area (Å²) in [5.41, 5.74) is 2.39. The molecule has 0 spiro atoms. The predicted octanol–water partition coefficient (Wildman–Crippen LogP) is 1.95. The predicted molar refractivity (Wildman–Crippen MR) is 101 cm³/mol. The molecule has 0 radical (unpaired) electrons. The van der Waals surface area contributed by atoms with Gasteiger partial charge in [-0.15, -0.1) is 24.0 Å². The van der Waals surface area contributed by atoms with E-state index in [2.05, 4.69) is 52.1 Å². The largest absolute Gasteiger partial charge is 0.357 e. The van der Waals surface area contributed by atoms with E-state index >= 15 is 0 Å². The maximum atomic E-state index is 11.7. The van der Waals surface area contributed by atoms with Gasteiger partial charge in [-0.25, -0.2) is 4.99 Å². The van der Waals surface area contributed by atoms with Crippen molar-refractivity contribution in [2.45, 2.75) is 39.3 Å². The molecule has 1 amide bonds. The Morgan fingerprint density at radius 3 is 2.50 bits per heavy atom. The highest BCUT2D eigenvalue weighted by atomic mass is 127. The number of carbonyl (C=O) groups excluding carboxylic acids is 1.